The first-order valence-corrected chi connectivity index (χ1v) is 8.04. The second kappa shape index (κ2) is 7.13. The number of pyridine rings is 1. The summed E-state index contributed by atoms with van der Waals surface area (Å²) in [5.41, 5.74) is 0.581. The van der Waals surface area contributed by atoms with Gasteiger partial charge in [-0.3, -0.25) is 9.59 Å². The van der Waals surface area contributed by atoms with Gasteiger partial charge in [-0.1, -0.05) is 43.3 Å². The summed E-state index contributed by atoms with van der Waals surface area (Å²) in [7, 11) is 0. The van der Waals surface area contributed by atoms with Crippen LogP contribution >= 0.6 is 0 Å². The Balaban J connectivity index is 1.86. The third kappa shape index (κ3) is 3.23. The van der Waals surface area contributed by atoms with Gasteiger partial charge in [-0.25, -0.2) is 0 Å². The third-order valence-electron chi connectivity index (χ3n) is 3.90. The topological polar surface area (TPSA) is 48.3 Å². The SMILES string of the molecule is CCCn1ccc2c(OCC(=O)c3ccccc3)cccc2c1=O. The van der Waals surface area contributed by atoms with Crippen molar-refractivity contribution >= 4 is 16.6 Å². The van der Waals surface area contributed by atoms with Gasteiger partial charge in [0.2, 0.25) is 0 Å². The minimum absolute atomic E-state index is 0.0332. The van der Waals surface area contributed by atoms with Crippen LogP contribution in [0.5, 0.6) is 5.75 Å². The molecule has 1 aromatic heterocycles. The summed E-state index contributed by atoms with van der Waals surface area (Å²) in [5.74, 6) is 0.462. The van der Waals surface area contributed by atoms with Gasteiger partial charge in [0, 0.05) is 23.7 Å². The lowest BCUT2D eigenvalue weighted by Crippen LogP contribution is -2.19. The molecule has 0 amide bonds. The van der Waals surface area contributed by atoms with E-state index in [1.807, 2.05) is 31.2 Å². The first-order valence-electron chi connectivity index (χ1n) is 8.04. The van der Waals surface area contributed by atoms with Crippen LogP contribution in [-0.4, -0.2) is 17.0 Å². The highest BCUT2D eigenvalue weighted by Gasteiger charge is 2.10. The summed E-state index contributed by atoms with van der Waals surface area (Å²) >= 11 is 0. The van der Waals surface area contributed by atoms with Crippen LogP contribution in [0.4, 0.5) is 0 Å². The number of hydrogen-bond acceptors (Lipinski definition) is 3. The van der Waals surface area contributed by atoms with Crippen LogP contribution in [0, 0.1) is 0 Å². The molecule has 0 saturated heterocycles. The molecule has 3 aromatic rings. The van der Waals surface area contributed by atoms with Gasteiger partial charge in [-0.05, 0) is 24.6 Å². The van der Waals surface area contributed by atoms with E-state index in [2.05, 4.69) is 0 Å². The maximum atomic E-state index is 12.5. The fraction of sp³-hybridized carbons (Fsp3) is 0.200. The zero-order valence-electron chi connectivity index (χ0n) is 13.6. The average Bonchev–Trinajstić information content (AvgIpc) is 2.63. The van der Waals surface area contributed by atoms with Gasteiger partial charge in [-0.15, -0.1) is 0 Å². The lowest BCUT2D eigenvalue weighted by atomic mass is 10.1. The molecule has 0 N–H and O–H groups in total. The smallest absolute Gasteiger partial charge is 0.258 e. The number of ether oxygens (including phenoxy) is 1. The Morgan fingerprint density at radius 2 is 1.79 bits per heavy atom. The molecule has 122 valence electrons. The Morgan fingerprint density at radius 1 is 1.00 bits per heavy atom. The van der Waals surface area contributed by atoms with Crippen molar-refractivity contribution in [2.45, 2.75) is 19.9 Å². The van der Waals surface area contributed by atoms with Crippen LogP contribution in [0.3, 0.4) is 0 Å². The number of fused-ring (bicyclic) bond motifs is 1. The Hall–Kier alpha value is -2.88. The number of aromatic nitrogens is 1. The van der Waals surface area contributed by atoms with Gasteiger partial charge in [-0.2, -0.15) is 0 Å². The van der Waals surface area contributed by atoms with E-state index in [4.69, 9.17) is 4.74 Å². The number of ketones is 1. The second-order valence-corrected chi connectivity index (χ2v) is 5.61. The summed E-state index contributed by atoms with van der Waals surface area (Å²) in [6, 6.07) is 16.2. The molecule has 24 heavy (non-hydrogen) atoms. The first kappa shape index (κ1) is 16.0. The molecule has 0 spiro atoms. The molecule has 1 heterocycles. The highest BCUT2D eigenvalue weighted by atomic mass is 16.5. The van der Waals surface area contributed by atoms with E-state index in [1.54, 1.807) is 41.1 Å². The monoisotopic (exact) mass is 321 g/mol. The lowest BCUT2D eigenvalue weighted by Gasteiger charge is -2.10. The van der Waals surface area contributed by atoms with E-state index in [9.17, 15) is 9.59 Å². The molecule has 2 aromatic carbocycles. The molecule has 0 bridgehead atoms. The summed E-state index contributed by atoms with van der Waals surface area (Å²) in [5, 5.41) is 1.34. The first-order chi connectivity index (χ1) is 11.7. The van der Waals surface area contributed by atoms with Crippen molar-refractivity contribution in [2.24, 2.45) is 0 Å². The van der Waals surface area contributed by atoms with E-state index in [1.165, 1.54) is 0 Å². The number of benzene rings is 2. The molecule has 0 aliphatic rings. The molecular formula is C20H19NO3. The van der Waals surface area contributed by atoms with E-state index >= 15 is 0 Å². The van der Waals surface area contributed by atoms with Crippen molar-refractivity contribution in [1.29, 1.82) is 0 Å². The van der Waals surface area contributed by atoms with Gasteiger partial charge in [0.25, 0.3) is 5.56 Å². The van der Waals surface area contributed by atoms with Crippen LogP contribution in [0.25, 0.3) is 10.8 Å². The second-order valence-electron chi connectivity index (χ2n) is 5.61. The Labute approximate surface area is 140 Å². The van der Waals surface area contributed by atoms with E-state index < -0.39 is 0 Å². The highest BCUT2D eigenvalue weighted by molar-refractivity contribution is 5.97. The molecular weight excluding hydrogens is 302 g/mol. The number of carbonyl (C=O) groups excluding carboxylic acids is 1. The molecule has 0 aliphatic heterocycles. The van der Waals surface area contributed by atoms with Crippen LogP contribution in [-0.2, 0) is 6.54 Å². The van der Waals surface area contributed by atoms with Gasteiger partial charge in [0.1, 0.15) is 5.75 Å². The number of nitrogens with zero attached hydrogens (tertiary/aromatic N) is 1. The highest BCUT2D eigenvalue weighted by Crippen LogP contribution is 2.23. The molecule has 3 rings (SSSR count). The number of hydrogen-bond donors (Lipinski definition) is 0. The molecule has 0 atom stereocenters. The standard InChI is InChI=1S/C20H19NO3/c1-2-12-21-13-11-16-17(20(21)23)9-6-10-19(16)24-14-18(22)15-7-4-3-5-8-15/h3-11,13H,2,12,14H2,1H3. The average molecular weight is 321 g/mol. The minimum Gasteiger partial charge on any atom is -0.485 e. The van der Waals surface area contributed by atoms with Crippen LogP contribution in [0.2, 0.25) is 0 Å². The maximum Gasteiger partial charge on any atom is 0.258 e. The molecule has 0 saturated carbocycles. The number of Topliss-reactive ketones (excluding diaryl/α,β-unsaturated/α-hetero) is 1. The minimum atomic E-state index is -0.0908. The molecule has 4 nitrogen and oxygen atoms in total. The Kier molecular flexibility index (Phi) is 4.75. The summed E-state index contributed by atoms with van der Waals surface area (Å²) in [6.07, 6.45) is 2.67. The lowest BCUT2D eigenvalue weighted by molar-refractivity contribution is 0.0922. The fourth-order valence-electron chi connectivity index (χ4n) is 2.68. The van der Waals surface area contributed by atoms with Gasteiger partial charge in [0.05, 0.1) is 5.39 Å². The Bertz CT molecular complexity index is 913. The normalized spacial score (nSPS) is 10.7. The van der Waals surface area contributed by atoms with Crippen LogP contribution < -0.4 is 10.3 Å². The van der Waals surface area contributed by atoms with Crippen LogP contribution in [0.1, 0.15) is 23.7 Å². The van der Waals surface area contributed by atoms with Crippen molar-refractivity contribution in [3.05, 3.63) is 76.7 Å². The van der Waals surface area contributed by atoms with Crippen molar-refractivity contribution in [1.82, 2.24) is 4.57 Å². The van der Waals surface area contributed by atoms with Gasteiger partial charge in [0.15, 0.2) is 12.4 Å². The van der Waals surface area contributed by atoms with Crippen molar-refractivity contribution in [3.63, 3.8) is 0 Å². The summed E-state index contributed by atoms with van der Waals surface area (Å²) < 4.78 is 7.39. The predicted octanol–water partition coefficient (Wildman–Crippen LogP) is 3.67. The molecule has 0 aliphatic carbocycles. The van der Waals surface area contributed by atoms with Crippen molar-refractivity contribution < 1.29 is 9.53 Å². The Morgan fingerprint density at radius 3 is 2.54 bits per heavy atom. The molecule has 0 unspecified atom stereocenters. The molecule has 0 radical (unpaired) electrons. The molecule has 0 fully saturated rings. The summed E-state index contributed by atoms with van der Waals surface area (Å²) in [6.45, 7) is 2.67. The van der Waals surface area contributed by atoms with Gasteiger partial charge < -0.3 is 9.30 Å². The number of carbonyl (C=O) groups is 1. The largest absolute Gasteiger partial charge is 0.485 e. The summed E-state index contributed by atoms with van der Waals surface area (Å²) in [4.78, 5) is 24.6. The van der Waals surface area contributed by atoms with E-state index in [0.29, 0.717) is 23.2 Å². The van der Waals surface area contributed by atoms with Crippen molar-refractivity contribution in [3.8, 4) is 5.75 Å². The van der Waals surface area contributed by atoms with Gasteiger partial charge >= 0.3 is 0 Å². The quantitative estimate of drug-likeness (QED) is 0.651. The number of rotatable bonds is 6. The fourth-order valence-corrected chi connectivity index (χ4v) is 2.68. The maximum absolute atomic E-state index is 12.5. The number of aryl methyl sites for hydroxylation is 1. The zero-order valence-corrected chi connectivity index (χ0v) is 13.6. The van der Waals surface area contributed by atoms with Crippen molar-refractivity contribution in [2.75, 3.05) is 6.61 Å². The molecule has 4 heteroatoms. The third-order valence-corrected chi connectivity index (χ3v) is 3.90. The predicted molar refractivity (Wildman–Crippen MR) is 94.8 cm³/mol. The zero-order chi connectivity index (χ0) is 16.9. The van der Waals surface area contributed by atoms with E-state index in [-0.39, 0.29) is 17.9 Å². The van der Waals surface area contributed by atoms with E-state index in [0.717, 1.165) is 11.8 Å². The van der Waals surface area contributed by atoms with Crippen LogP contribution in [0.15, 0.2) is 65.6 Å².